The van der Waals surface area contributed by atoms with Crippen molar-refractivity contribution < 1.29 is 10.2 Å². The SMILES string of the molecule is OC1CSC(O)SC1. The first-order chi connectivity index (χ1) is 3.79. The number of hydrogen-bond donors (Lipinski definition) is 2. The van der Waals surface area contributed by atoms with Gasteiger partial charge in [0.2, 0.25) is 0 Å². The number of aliphatic hydroxyl groups is 2. The van der Waals surface area contributed by atoms with Gasteiger partial charge in [-0.1, -0.05) is 0 Å². The summed E-state index contributed by atoms with van der Waals surface area (Å²) in [6.07, 6.45) is -0.214. The molecule has 1 aliphatic rings. The molecule has 8 heavy (non-hydrogen) atoms. The second-order valence-electron chi connectivity index (χ2n) is 1.63. The number of rotatable bonds is 0. The van der Waals surface area contributed by atoms with Crippen molar-refractivity contribution in [1.82, 2.24) is 0 Å². The maximum Gasteiger partial charge on any atom is 0.146 e. The number of thioether (sulfide) groups is 2. The van der Waals surface area contributed by atoms with Gasteiger partial charge in [-0.05, 0) is 0 Å². The highest BCUT2D eigenvalue weighted by Gasteiger charge is 2.17. The maximum absolute atomic E-state index is 8.87. The molecule has 48 valence electrons. The second kappa shape index (κ2) is 2.96. The smallest absolute Gasteiger partial charge is 0.146 e. The first-order valence-corrected chi connectivity index (χ1v) is 4.48. The van der Waals surface area contributed by atoms with Crippen molar-refractivity contribution in [1.29, 1.82) is 0 Å². The summed E-state index contributed by atoms with van der Waals surface area (Å²) in [4.78, 5) is 0. The van der Waals surface area contributed by atoms with Crippen LogP contribution in [0.25, 0.3) is 0 Å². The minimum atomic E-state index is -0.307. The van der Waals surface area contributed by atoms with Crippen LogP contribution in [-0.4, -0.2) is 32.6 Å². The van der Waals surface area contributed by atoms with Crippen molar-refractivity contribution in [2.24, 2.45) is 0 Å². The van der Waals surface area contributed by atoms with Gasteiger partial charge in [0.05, 0.1) is 6.10 Å². The molecular weight excluding hydrogens is 144 g/mol. The number of aliphatic hydroxyl groups excluding tert-OH is 2. The Kier molecular flexibility index (Phi) is 2.49. The Morgan fingerprint density at radius 1 is 1.12 bits per heavy atom. The van der Waals surface area contributed by atoms with Crippen molar-refractivity contribution in [3.63, 3.8) is 0 Å². The minimum absolute atomic E-state index is 0.214. The van der Waals surface area contributed by atoms with Gasteiger partial charge in [0.25, 0.3) is 0 Å². The van der Waals surface area contributed by atoms with E-state index in [1.807, 2.05) is 0 Å². The van der Waals surface area contributed by atoms with Gasteiger partial charge in [-0.2, -0.15) is 0 Å². The lowest BCUT2D eigenvalue weighted by atomic mass is 10.5. The lowest BCUT2D eigenvalue weighted by Crippen LogP contribution is -2.21. The Balaban J connectivity index is 2.19. The first-order valence-electron chi connectivity index (χ1n) is 2.38. The zero-order valence-corrected chi connectivity index (χ0v) is 5.91. The molecule has 1 aliphatic heterocycles. The van der Waals surface area contributed by atoms with Crippen LogP contribution in [0, 0.1) is 0 Å². The van der Waals surface area contributed by atoms with Crippen molar-refractivity contribution in [3.8, 4) is 0 Å². The van der Waals surface area contributed by atoms with E-state index in [9.17, 15) is 0 Å². The summed E-state index contributed by atoms with van der Waals surface area (Å²) < 4.78 is -0.307. The Morgan fingerprint density at radius 3 is 2.00 bits per heavy atom. The molecule has 0 unspecified atom stereocenters. The Labute approximate surface area is 56.7 Å². The van der Waals surface area contributed by atoms with Crippen molar-refractivity contribution >= 4 is 23.5 Å². The van der Waals surface area contributed by atoms with Gasteiger partial charge in [0, 0.05) is 11.5 Å². The average molecular weight is 152 g/mol. The fraction of sp³-hybridized carbons (Fsp3) is 1.00. The molecule has 1 rings (SSSR count). The summed E-state index contributed by atoms with van der Waals surface area (Å²) in [5, 5.41) is 17.7. The second-order valence-corrected chi connectivity index (χ2v) is 4.15. The summed E-state index contributed by atoms with van der Waals surface area (Å²) >= 11 is 2.79. The number of hydrogen-bond acceptors (Lipinski definition) is 4. The Bertz CT molecular complexity index is 60.4. The molecule has 1 fully saturated rings. The fourth-order valence-corrected chi connectivity index (χ4v) is 2.50. The molecule has 0 radical (unpaired) electrons. The van der Waals surface area contributed by atoms with E-state index < -0.39 is 0 Å². The predicted octanol–water partition coefficient (Wildman–Crippen LogP) is 0.103. The molecule has 0 aromatic rings. The topological polar surface area (TPSA) is 40.5 Å². The summed E-state index contributed by atoms with van der Waals surface area (Å²) in [5.41, 5.74) is 0. The Morgan fingerprint density at radius 2 is 1.62 bits per heavy atom. The quantitative estimate of drug-likeness (QED) is 0.516. The van der Waals surface area contributed by atoms with Crippen LogP contribution in [0.15, 0.2) is 0 Å². The van der Waals surface area contributed by atoms with E-state index in [0.29, 0.717) is 11.5 Å². The van der Waals surface area contributed by atoms with E-state index >= 15 is 0 Å². The van der Waals surface area contributed by atoms with E-state index in [-0.39, 0.29) is 10.9 Å². The molecule has 2 N–H and O–H groups in total. The van der Waals surface area contributed by atoms with Gasteiger partial charge in [0.15, 0.2) is 0 Å². The van der Waals surface area contributed by atoms with Crippen LogP contribution in [0.2, 0.25) is 0 Å². The molecule has 0 aromatic carbocycles. The molecule has 1 saturated heterocycles. The van der Waals surface area contributed by atoms with Crippen molar-refractivity contribution in [2.75, 3.05) is 11.5 Å². The lowest BCUT2D eigenvalue weighted by Gasteiger charge is -2.19. The molecule has 0 atom stereocenters. The Hall–Kier alpha value is 0.620. The highest BCUT2D eigenvalue weighted by atomic mass is 32.2. The van der Waals surface area contributed by atoms with Gasteiger partial charge in [0.1, 0.15) is 4.77 Å². The molecule has 0 aromatic heterocycles. The standard InChI is InChI=1S/C4H8O2S2/c5-3-1-7-4(6)8-2-3/h3-6H,1-2H2. The average Bonchev–Trinajstić information content (AvgIpc) is 1.77. The summed E-state index contributed by atoms with van der Waals surface area (Å²) in [7, 11) is 0. The van der Waals surface area contributed by atoms with Crippen LogP contribution < -0.4 is 0 Å². The predicted molar refractivity (Wildman–Crippen MR) is 36.9 cm³/mol. The van der Waals surface area contributed by atoms with Crippen molar-refractivity contribution in [2.45, 2.75) is 10.9 Å². The normalized spacial score (nSPS) is 39.8. The van der Waals surface area contributed by atoms with Gasteiger partial charge in [-0.15, -0.1) is 23.5 Å². The molecule has 2 nitrogen and oxygen atoms in total. The monoisotopic (exact) mass is 152 g/mol. The lowest BCUT2D eigenvalue weighted by molar-refractivity contribution is 0.220. The maximum atomic E-state index is 8.87. The fourth-order valence-electron chi connectivity index (χ4n) is 0.483. The molecule has 0 spiro atoms. The zero-order chi connectivity index (χ0) is 5.98. The molecule has 0 amide bonds. The van der Waals surface area contributed by atoms with Crippen LogP contribution in [0.4, 0.5) is 0 Å². The highest BCUT2D eigenvalue weighted by molar-refractivity contribution is 8.17. The van der Waals surface area contributed by atoms with Crippen molar-refractivity contribution in [3.05, 3.63) is 0 Å². The van der Waals surface area contributed by atoms with E-state index in [1.165, 1.54) is 23.5 Å². The van der Waals surface area contributed by atoms with Crippen LogP contribution >= 0.6 is 23.5 Å². The van der Waals surface area contributed by atoms with Gasteiger partial charge in [-0.3, -0.25) is 0 Å². The summed E-state index contributed by atoms with van der Waals surface area (Å²) in [6.45, 7) is 0. The third-order valence-electron chi connectivity index (χ3n) is 0.862. The molecule has 0 aliphatic carbocycles. The third kappa shape index (κ3) is 1.85. The zero-order valence-electron chi connectivity index (χ0n) is 4.28. The summed E-state index contributed by atoms with van der Waals surface area (Å²) in [5.74, 6) is 1.35. The van der Waals surface area contributed by atoms with Crippen LogP contribution in [0.1, 0.15) is 0 Å². The molecule has 0 saturated carbocycles. The molecule has 0 bridgehead atoms. The van der Waals surface area contributed by atoms with Gasteiger partial charge in [-0.25, -0.2) is 0 Å². The summed E-state index contributed by atoms with van der Waals surface area (Å²) in [6, 6.07) is 0. The van der Waals surface area contributed by atoms with Gasteiger partial charge >= 0.3 is 0 Å². The minimum Gasteiger partial charge on any atom is -0.391 e. The van der Waals surface area contributed by atoms with Crippen LogP contribution in [0.5, 0.6) is 0 Å². The van der Waals surface area contributed by atoms with Gasteiger partial charge < -0.3 is 10.2 Å². The van der Waals surface area contributed by atoms with E-state index in [0.717, 1.165) is 0 Å². The molecular formula is C4H8O2S2. The highest BCUT2D eigenvalue weighted by Crippen LogP contribution is 2.27. The molecule has 4 heteroatoms. The van der Waals surface area contributed by atoms with E-state index in [2.05, 4.69) is 0 Å². The first kappa shape index (κ1) is 6.74. The molecule has 1 heterocycles. The largest absolute Gasteiger partial charge is 0.391 e. The van der Waals surface area contributed by atoms with Crippen LogP contribution in [0.3, 0.4) is 0 Å². The third-order valence-corrected chi connectivity index (χ3v) is 3.40. The van der Waals surface area contributed by atoms with Crippen LogP contribution in [-0.2, 0) is 0 Å². The van der Waals surface area contributed by atoms with E-state index in [4.69, 9.17) is 10.2 Å². The van der Waals surface area contributed by atoms with E-state index in [1.54, 1.807) is 0 Å².